The van der Waals surface area contributed by atoms with Crippen LogP contribution in [0.25, 0.3) is 0 Å². The highest BCUT2D eigenvalue weighted by molar-refractivity contribution is 5.82. The van der Waals surface area contributed by atoms with Gasteiger partial charge in [0.1, 0.15) is 29.5 Å². The number of carbonyl (C=O) groups excluding carboxylic acids is 2. The third-order valence-electron chi connectivity index (χ3n) is 7.06. The van der Waals surface area contributed by atoms with Crippen molar-refractivity contribution in [1.82, 2.24) is 5.32 Å². The Morgan fingerprint density at radius 3 is 2.41 bits per heavy atom. The van der Waals surface area contributed by atoms with Gasteiger partial charge in [0.05, 0.1) is 25.7 Å². The van der Waals surface area contributed by atoms with Crippen molar-refractivity contribution in [3.63, 3.8) is 0 Å². The maximum Gasteiger partial charge on any atom is 0.408 e. The number of hydrogen-bond acceptors (Lipinski definition) is 7. The van der Waals surface area contributed by atoms with E-state index in [9.17, 15) is 9.59 Å². The van der Waals surface area contributed by atoms with Gasteiger partial charge in [0.25, 0.3) is 0 Å². The third-order valence-corrected chi connectivity index (χ3v) is 7.06. The maximum absolute atomic E-state index is 12.8. The first-order chi connectivity index (χ1) is 14.9. The number of hydrogen-bond donors (Lipinski definition) is 1. The molecule has 2 heterocycles. The van der Waals surface area contributed by atoms with Gasteiger partial charge in [-0.1, -0.05) is 32.4 Å². The van der Waals surface area contributed by atoms with Crippen molar-refractivity contribution >= 4 is 12.1 Å². The van der Waals surface area contributed by atoms with Crippen LogP contribution in [0, 0.1) is 11.3 Å². The number of rotatable bonds is 7. The molecule has 3 aliphatic rings. The van der Waals surface area contributed by atoms with Crippen molar-refractivity contribution < 1.29 is 33.3 Å². The van der Waals surface area contributed by atoms with E-state index in [-0.39, 0.29) is 23.7 Å². The number of ether oxygens (including phenoxy) is 5. The van der Waals surface area contributed by atoms with Crippen LogP contribution in [0.15, 0.2) is 11.6 Å². The summed E-state index contributed by atoms with van der Waals surface area (Å²) in [5, 5.41) is 2.69. The molecule has 0 radical (unpaired) electrons. The van der Waals surface area contributed by atoms with Crippen LogP contribution in [-0.4, -0.2) is 68.4 Å². The fraction of sp³-hybridized carbons (Fsp3) is 0.833. The zero-order chi connectivity index (χ0) is 23.9. The summed E-state index contributed by atoms with van der Waals surface area (Å²) in [6, 6.07) is -0.823. The summed E-state index contributed by atoms with van der Waals surface area (Å²) in [5.74, 6) is -0.563. The predicted octanol–water partition coefficient (Wildman–Crippen LogP) is 3.38. The number of allylic oxidation sites excluding steroid dienone is 1. The largest absolute Gasteiger partial charge is 0.467 e. The zero-order valence-corrected chi connectivity index (χ0v) is 20.7. The highest BCUT2D eigenvalue weighted by Crippen LogP contribution is 2.59. The van der Waals surface area contributed by atoms with Crippen LogP contribution in [0.1, 0.15) is 60.8 Å². The number of carbonyl (C=O) groups is 2. The van der Waals surface area contributed by atoms with Crippen LogP contribution >= 0.6 is 0 Å². The van der Waals surface area contributed by atoms with Gasteiger partial charge >= 0.3 is 12.1 Å². The molecule has 0 unspecified atom stereocenters. The molecule has 0 bridgehead atoms. The Bertz CT molecular complexity index is 750. The molecular weight excluding hydrogens is 414 g/mol. The van der Waals surface area contributed by atoms with Gasteiger partial charge in [-0.15, -0.1) is 0 Å². The van der Waals surface area contributed by atoms with E-state index >= 15 is 0 Å². The van der Waals surface area contributed by atoms with Gasteiger partial charge in [0, 0.05) is 7.11 Å². The molecule has 0 aromatic heterocycles. The van der Waals surface area contributed by atoms with Gasteiger partial charge in [-0.3, -0.25) is 0 Å². The quantitative estimate of drug-likeness (QED) is 0.358. The smallest absolute Gasteiger partial charge is 0.408 e. The standard InChI is InChI=1S/C24H39NO7/c1-14(2)9-10-16-23(6,32-16)18-17(28-7)15(11-12-24(18)13-30-24)31-21(27)25-19(20(26)29-8)22(3,4)5/h9,15-19H,10-13H2,1-8H3,(H,25,27)/t15-,16-,17-,18-,19+,23+,24+/m1/s1. The first-order valence-electron chi connectivity index (χ1n) is 11.4. The number of methoxy groups -OCH3 is 2. The zero-order valence-electron chi connectivity index (χ0n) is 20.7. The minimum atomic E-state index is -0.823. The summed E-state index contributed by atoms with van der Waals surface area (Å²) in [4.78, 5) is 25.0. The molecule has 2 aliphatic heterocycles. The fourth-order valence-electron chi connectivity index (χ4n) is 5.11. The molecule has 1 amide bonds. The van der Waals surface area contributed by atoms with Gasteiger partial charge in [-0.25, -0.2) is 9.59 Å². The van der Waals surface area contributed by atoms with Crippen molar-refractivity contribution in [1.29, 1.82) is 0 Å². The van der Waals surface area contributed by atoms with E-state index in [1.165, 1.54) is 12.7 Å². The molecule has 3 rings (SSSR count). The molecule has 3 fully saturated rings. The van der Waals surface area contributed by atoms with E-state index < -0.39 is 35.2 Å². The Morgan fingerprint density at radius 2 is 1.91 bits per heavy atom. The number of alkyl carbamates (subject to hydrolysis) is 1. The molecule has 8 heteroatoms. The van der Waals surface area contributed by atoms with Crippen LogP contribution in [-0.2, 0) is 28.5 Å². The van der Waals surface area contributed by atoms with Crippen LogP contribution < -0.4 is 5.32 Å². The number of epoxide rings is 2. The normalized spacial score (nSPS) is 36.8. The third kappa shape index (κ3) is 4.97. The van der Waals surface area contributed by atoms with Crippen molar-refractivity contribution in [3.05, 3.63) is 11.6 Å². The Balaban J connectivity index is 1.72. The van der Waals surface area contributed by atoms with E-state index in [1.807, 2.05) is 20.8 Å². The second-order valence-corrected chi connectivity index (χ2v) is 10.8. The van der Waals surface area contributed by atoms with E-state index in [0.717, 1.165) is 12.8 Å². The lowest BCUT2D eigenvalue weighted by Crippen LogP contribution is -2.57. The van der Waals surface area contributed by atoms with E-state index in [2.05, 4.69) is 32.2 Å². The Hall–Kier alpha value is -1.64. The van der Waals surface area contributed by atoms with Gasteiger partial charge in [-0.2, -0.15) is 0 Å². The molecule has 1 aliphatic carbocycles. The first kappa shape index (κ1) is 25.0. The molecule has 8 nitrogen and oxygen atoms in total. The molecule has 0 aromatic rings. The molecule has 1 saturated carbocycles. The van der Waals surface area contributed by atoms with Gasteiger partial charge in [-0.05, 0) is 45.4 Å². The second-order valence-electron chi connectivity index (χ2n) is 10.8. The second kappa shape index (κ2) is 8.95. The Kier molecular flexibility index (Phi) is 6.99. The Morgan fingerprint density at radius 1 is 1.25 bits per heavy atom. The topological polar surface area (TPSA) is 98.9 Å². The van der Waals surface area contributed by atoms with E-state index in [0.29, 0.717) is 13.0 Å². The molecule has 32 heavy (non-hydrogen) atoms. The summed E-state index contributed by atoms with van der Waals surface area (Å²) in [6.07, 6.45) is 2.99. The van der Waals surface area contributed by atoms with Gasteiger partial charge in [0.2, 0.25) is 0 Å². The molecule has 7 atom stereocenters. The summed E-state index contributed by atoms with van der Waals surface area (Å²) in [6.45, 7) is 12.5. The van der Waals surface area contributed by atoms with Crippen molar-refractivity contribution in [3.8, 4) is 0 Å². The summed E-state index contributed by atoms with van der Waals surface area (Å²) in [7, 11) is 2.94. The molecule has 0 aromatic carbocycles. The van der Waals surface area contributed by atoms with Gasteiger partial charge < -0.3 is 29.0 Å². The van der Waals surface area contributed by atoms with Crippen LogP contribution in [0.5, 0.6) is 0 Å². The minimum Gasteiger partial charge on any atom is -0.467 e. The summed E-state index contributed by atoms with van der Waals surface area (Å²) in [5.41, 5.74) is 0.0398. The molecular formula is C24H39NO7. The highest BCUT2D eigenvalue weighted by Gasteiger charge is 2.72. The van der Waals surface area contributed by atoms with Crippen LogP contribution in [0.2, 0.25) is 0 Å². The predicted molar refractivity (Wildman–Crippen MR) is 118 cm³/mol. The SMILES string of the molecule is COC(=O)[C@H](NC(=O)O[C@@H]1CC[C@]2(CO2)[C@@H]([C@@]2(C)O[C@@H]2CC=C(C)C)[C@@H]1OC)C(C)(C)C. The van der Waals surface area contributed by atoms with Crippen LogP contribution in [0.4, 0.5) is 4.79 Å². The van der Waals surface area contributed by atoms with E-state index in [4.69, 9.17) is 23.7 Å². The lowest BCUT2D eigenvalue weighted by Gasteiger charge is -2.42. The fourth-order valence-corrected chi connectivity index (χ4v) is 5.11. The lowest BCUT2D eigenvalue weighted by atomic mass is 9.68. The molecule has 1 spiro atoms. The number of esters is 1. The van der Waals surface area contributed by atoms with E-state index in [1.54, 1.807) is 7.11 Å². The highest BCUT2D eigenvalue weighted by atomic mass is 16.6. The van der Waals surface area contributed by atoms with Crippen molar-refractivity contribution in [2.45, 2.75) is 96.4 Å². The summed E-state index contributed by atoms with van der Waals surface area (Å²) >= 11 is 0. The number of amides is 1. The maximum atomic E-state index is 12.8. The minimum absolute atomic E-state index is 0.0545. The van der Waals surface area contributed by atoms with Crippen molar-refractivity contribution in [2.24, 2.45) is 11.3 Å². The average molecular weight is 454 g/mol. The summed E-state index contributed by atoms with van der Waals surface area (Å²) < 4.78 is 28.7. The lowest BCUT2D eigenvalue weighted by molar-refractivity contribution is -0.146. The average Bonchev–Trinajstić information content (AvgIpc) is 3.62. The monoisotopic (exact) mass is 453 g/mol. The number of nitrogens with one attached hydrogen (secondary N) is 1. The van der Waals surface area contributed by atoms with Gasteiger partial charge in [0.15, 0.2) is 0 Å². The first-order valence-corrected chi connectivity index (χ1v) is 11.4. The molecule has 182 valence electrons. The molecule has 1 N–H and O–H groups in total. The Labute approximate surface area is 191 Å². The molecule has 2 saturated heterocycles. The van der Waals surface area contributed by atoms with Crippen LogP contribution in [0.3, 0.4) is 0 Å². The van der Waals surface area contributed by atoms with Crippen molar-refractivity contribution in [2.75, 3.05) is 20.8 Å².